The predicted molar refractivity (Wildman–Crippen MR) is 79.3 cm³/mol. The third kappa shape index (κ3) is 3.65. The van der Waals surface area contributed by atoms with Crippen LogP contribution in [0.15, 0.2) is 24.3 Å². The molecule has 0 fully saturated rings. The number of fused-ring (bicyclic) bond motifs is 1. The number of nitrogens with one attached hydrogen (secondary N) is 1. The van der Waals surface area contributed by atoms with Crippen LogP contribution in [-0.4, -0.2) is 28.8 Å². The first kappa shape index (κ1) is 17.4. The summed E-state index contributed by atoms with van der Waals surface area (Å²) in [5.41, 5.74) is -0.574. The van der Waals surface area contributed by atoms with Crippen molar-refractivity contribution in [3.05, 3.63) is 52.6 Å². The van der Waals surface area contributed by atoms with Crippen LogP contribution in [0, 0.1) is 5.82 Å². The molecule has 0 aliphatic carbocycles. The number of alkyl halides is 3. The van der Waals surface area contributed by atoms with E-state index < -0.39 is 23.6 Å². The molecule has 1 N–H and O–H groups in total. The van der Waals surface area contributed by atoms with Gasteiger partial charge in [0, 0.05) is 24.2 Å². The van der Waals surface area contributed by atoms with Crippen LogP contribution in [0.4, 0.5) is 17.6 Å². The second-order valence-electron chi connectivity index (χ2n) is 5.53. The third-order valence-corrected chi connectivity index (χ3v) is 3.89. The number of hydrogen-bond acceptors (Lipinski definition) is 3. The summed E-state index contributed by atoms with van der Waals surface area (Å²) in [6.07, 6.45) is -4.24. The standard InChI is InChI=1S/C16H15F4N3O2/c17-12-4-2-1-3-10(12)15(24)21-6-7-23-13-5-8-25-9-11(13)14(22-23)16(18,19)20/h1-4H,5-9H2,(H,21,24). The van der Waals surface area contributed by atoms with E-state index in [0.29, 0.717) is 18.7 Å². The third-order valence-electron chi connectivity index (χ3n) is 3.89. The fourth-order valence-corrected chi connectivity index (χ4v) is 2.74. The zero-order valence-corrected chi connectivity index (χ0v) is 13.1. The van der Waals surface area contributed by atoms with Gasteiger partial charge in [0.25, 0.3) is 5.91 Å². The van der Waals surface area contributed by atoms with Crippen molar-refractivity contribution in [3.8, 4) is 0 Å². The molecule has 9 heteroatoms. The number of amides is 1. The summed E-state index contributed by atoms with van der Waals surface area (Å²) in [5, 5.41) is 6.13. The molecule has 1 aromatic heterocycles. The molecule has 1 amide bonds. The Morgan fingerprint density at radius 2 is 2.08 bits per heavy atom. The quantitative estimate of drug-likeness (QED) is 0.856. The van der Waals surface area contributed by atoms with Crippen molar-refractivity contribution in [2.24, 2.45) is 0 Å². The average Bonchev–Trinajstić information content (AvgIpc) is 2.94. The summed E-state index contributed by atoms with van der Waals surface area (Å²) >= 11 is 0. The summed E-state index contributed by atoms with van der Waals surface area (Å²) in [4.78, 5) is 11.9. The van der Waals surface area contributed by atoms with Gasteiger partial charge in [-0.25, -0.2) is 4.39 Å². The second kappa shape index (κ2) is 6.83. The summed E-state index contributed by atoms with van der Waals surface area (Å²) in [5.74, 6) is -1.29. The number of nitrogens with zero attached hydrogens (tertiary/aromatic N) is 2. The molecule has 3 rings (SSSR count). The summed E-state index contributed by atoms with van der Waals surface area (Å²) < 4.78 is 59.1. The molecule has 5 nitrogen and oxygen atoms in total. The van der Waals surface area contributed by atoms with Gasteiger partial charge in [-0.2, -0.15) is 18.3 Å². The Kier molecular flexibility index (Phi) is 4.76. The lowest BCUT2D eigenvalue weighted by molar-refractivity contribution is -0.142. The molecule has 0 radical (unpaired) electrons. The van der Waals surface area contributed by atoms with Crippen molar-refractivity contribution in [1.82, 2.24) is 15.1 Å². The van der Waals surface area contributed by atoms with Crippen LogP contribution < -0.4 is 5.32 Å². The fourth-order valence-electron chi connectivity index (χ4n) is 2.74. The Morgan fingerprint density at radius 3 is 2.80 bits per heavy atom. The summed E-state index contributed by atoms with van der Waals surface area (Å²) in [7, 11) is 0. The number of hydrogen-bond donors (Lipinski definition) is 1. The van der Waals surface area contributed by atoms with Crippen LogP contribution in [0.3, 0.4) is 0 Å². The second-order valence-corrected chi connectivity index (χ2v) is 5.53. The van der Waals surface area contributed by atoms with Gasteiger partial charge < -0.3 is 10.1 Å². The molecule has 2 aromatic rings. The molecule has 0 spiro atoms. The van der Waals surface area contributed by atoms with Gasteiger partial charge in [0.2, 0.25) is 0 Å². The lowest BCUT2D eigenvalue weighted by atomic mass is 10.1. The molecule has 1 aromatic carbocycles. The van der Waals surface area contributed by atoms with Crippen molar-refractivity contribution >= 4 is 5.91 Å². The lowest BCUT2D eigenvalue weighted by Gasteiger charge is -2.15. The predicted octanol–water partition coefficient (Wildman–Crippen LogP) is 2.54. The molecular formula is C16H15F4N3O2. The molecule has 2 heterocycles. The number of carbonyl (C=O) groups is 1. The lowest BCUT2D eigenvalue weighted by Crippen LogP contribution is -2.29. The van der Waals surface area contributed by atoms with Crippen LogP contribution in [0.25, 0.3) is 0 Å². The first-order valence-corrected chi connectivity index (χ1v) is 7.64. The van der Waals surface area contributed by atoms with Crippen molar-refractivity contribution in [2.45, 2.75) is 25.7 Å². The summed E-state index contributed by atoms with van der Waals surface area (Å²) in [6, 6.07) is 5.48. The maximum absolute atomic E-state index is 13.5. The Morgan fingerprint density at radius 1 is 1.32 bits per heavy atom. The molecule has 0 unspecified atom stereocenters. The highest BCUT2D eigenvalue weighted by Gasteiger charge is 2.39. The van der Waals surface area contributed by atoms with Gasteiger partial charge in [-0.15, -0.1) is 0 Å². The molecule has 1 aliphatic heterocycles. The minimum atomic E-state index is -4.56. The van der Waals surface area contributed by atoms with Gasteiger partial charge in [-0.1, -0.05) is 12.1 Å². The van der Waals surface area contributed by atoms with E-state index in [0.717, 1.165) is 6.07 Å². The number of carbonyl (C=O) groups excluding carboxylic acids is 1. The molecule has 1 aliphatic rings. The molecule has 0 bridgehead atoms. The van der Waals surface area contributed by atoms with Crippen LogP contribution in [-0.2, 0) is 30.5 Å². The molecule has 0 saturated heterocycles. The van der Waals surface area contributed by atoms with E-state index in [-0.39, 0.29) is 30.8 Å². The van der Waals surface area contributed by atoms with Crippen molar-refractivity contribution in [1.29, 1.82) is 0 Å². The van der Waals surface area contributed by atoms with Gasteiger partial charge >= 0.3 is 6.18 Å². The zero-order valence-electron chi connectivity index (χ0n) is 13.1. The van der Waals surface area contributed by atoms with Gasteiger partial charge in [0.1, 0.15) is 5.82 Å². The van der Waals surface area contributed by atoms with Crippen molar-refractivity contribution < 1.29 is 27.1 Å². The van der Waals surface area contributed by atoms with E-state index in [9.17, 15) is 22.4 Å². The monoisotopic (exact) mass is 357 g/mol. The minimum Gasteiger partial charge on any atom is -0.376 e. The summed E-state index contributed by atoms with van der Waals surface area (Å²) in [6.45, 7) is 0.265. The zero-order chi connectivity index (χ0) is 18.0. The van der Waals surface area contributed by atoms with Gasteiger partial charge in [-0.05, 0) is 12.1 Å². The van der Waals surface area contributed by atoms with Crippen LogP contribution >= 0.6 is 0 Å². The van der Waals surface area contributed by atoms with Gasteiger partial charge in [0.05, 0.1) is 25.3 Å². The van der Waals surface area contributed by atoms with Gasteiger partial charge in [0.15, 0.2) is 5.69 Å². The number of ether oxygens (including phenoxy) is 1. The van der Waals surface area contributed by atoms with E-state index in [2.05, 4.69) is 10.4 Å². The molecule has 0 atom stereocenters. The molecule has 0 saturated carbocycles. The Bertz CT molecular complexity index is 786. The molecule has 25 heavy (non-hydrogen) atoms. The highest BCUT2D eigenvalue weighted by atomic mass is 19.4. The topological polar surface area (TPSA) is 56.2 Å². The van der Waals surface area contributed by atoms with Gasteiger partial charge in [-0.3, -0.25) is 9.48 Å². The Balaban J connectivity index is 1.71. The molecule has 134 valence electrons. The molecular weight excluding hydrogens is 342 g/mol. The van der Waals surface area contributed by atoms with E-state index >= 15 is 0 Å². The van der Waals surface area contributed by atoms with Crippen LogP contribution in [0.2, 0.25) is 0 Å². The highest BCUT2D eigenvalue weighted by Crippen LogP contribution is 2.34. The first-order chi connectivity index (χ1) is 11.9. The van der Waals surface area contributed by atoms with Crippen LogP contribution in [0.1, 0.15) is 27.3 Å². The maximum atomic E-state index is 13.5. The average molecular weight is 357 g/mol. The SMILES string of the molecule is O=C(NCCn1nc(C(F)(F)F)c2c1CCOC2)c1ccccc1F. The normalized spacial score (nSPS) is 14.2. The highest BCUT2D eigenvalue weighted by molar-refractivity contribution is 5.94. The Hall–Kier alpha value is -2.42. The number of aromatic nitrogens is 2. The number of benzene rings is 1. The smallest absolute Gasteiger partial charge is 0.376 e. The van der Waals surface area contributed by atoms with Crippen LogP contribution in [0.5, 0.6) is 0 Å². The number of halogens is 4. The fraction of sp³-hybridized carbons (Fsp3) is 0.375. The maximum Gasteiger partial charge on any atom is 0.435 e. The van der Waals surface area contributed by atoms with E-state index in [4.69, 9.17) is 4.74 Å². The number of rotatable bonds is 4. The van der Waals surface area contributed by atoms with Crippen molar-refractivity contribution in [3.63, 3.8) is 0 Å². The van der Waals surface area contributed by atoms with Crippen molar-refractivity contribution in [2.75, 3.05) is 13.2 Å². The van der Waals surface area contributed by atoms with E-state index in [1.165, 1.54) is 22.9 Å². The Labute approximate surface area is 140 Å². The first-order valence-electron chi connectivity index (χ1n) is 7.64. The van der Waals surface area contributed by atoms with E-state index in [1.807, 2.05) is 0 Å². The minimum absolute atomic E-state index is 0.0272. The van der Waals surface area contributed by atoms with E-state index in [1.54, 1.807) is 0 Å². The largest absolute Gasteiger partial charge is 0.435 e.